The van der Waals surface area contributed by atoms with Gasteiger partial charge in [-0.05, 0) is 43.0 Å². The van der Waals surface area contributed by atoms with Crippen LogP contribution >= 0.6 is 0 Å². The number of nitrogens with zero attached hydrogens (tertiary/aromatic N) is 6. The maximum Gasteiger partial charge on any atom is 0.322 e. The van der Waals surface area contributed by atoms with Gasteiger partial charge in [0.15, 0.2) is 5.65 Å². The van der Waals surface area contributed by atoms with Crippen molar-refractivity contribution in [3.63, 3.8) is 0 Å². The van der Waals surface area contributed by atoms with Crippen LogP contribution in [-0.4, -0.2) is 55.7 Å². The molecule has 34 heavy (non-hydrogen) atoms. The van der Waals surface area contributed by atoms with Crippen molar-refractivity contribution in [3.05, 3.63) is 66.1 Å². The Morgan fingerprint density at radius 3 is 2.65 bits per heavy atom. The molecular weight excluding hydrogens is 426 g/mol. The molecule has 4 aromatic rings. The van der Waals surface area contributed by atoms with Crippen molar-refractivity contribution < 1.29 is 4.74 Å². The highest BCUT2D eigenvalue weighted by Gasteiger charge is 2.22. The lowest BCUT2D eigenvalue weighted by Gasteiger charge is -2.28. The van der Waals surface area contributed by atoms with Crippen molar-refractivity contribution in [2.75, 3.05) is 25.5 Å². The molecule has 0 spiro atoms. The monoisotopic (exact) mass is 457 g/mol. The summed E-state index contributed by atoms with van der Waals surface area (Å²) < 4.78 is 8.04. The number of nitrogens with one attached hydrogen (secondary N) is 1. The summed E-state index contributed by atoms with van der Waals surface area (Å²) in [4.78, 5) is 16.1. The first kappa shape index (κ1) is 22.3. The second-order valence-corrected chi connectivity index (χ2v) is 9.19. The Hall–Kier alpha value is -3.52. The minimum Gasteiger partial charge on any atom is -0.460 e. The van der Waals surface area contributed by atoms with Crippen LogP contribution in [0.25, 0.3) is 16.8 Å². The number of ether oxygens (including phenoxy) is 1. The van der Waals surface area contributed by atoms with Gasteiger partial charge in [0, 0.05) is 43.2 Å². The van der Waals surface area contributed by atoms with Crippen LogP contribution in [0.15, 0.2) is 55.0 Å². The van der Waals surface area contributed by atoms with Gasteiger partial charge in [0.1, 0.15) is 6.10 Å². The first-order valence-corrected chi connectivity index (χ1v) is 11.9. The standard InChI is InChI=1S/C26H31N7O/c1-18(2)23-17-29-33-24(23)30-26(34-21-10-13-32(3)14-11-21)31-25(33)28-16-20-7-4-5-9-22(20)19-8-6-12-27-15-19/h4-9,12,15,17-18,21H,10-11,13-14,16H2,1-3H3,(H,28,30,31). The maximum absolute atomic E-state index is 6.26. The topological polar surface area (TPSA) is 80.5 Å². The van der Waals surface area contributed by atoms with Gasteiger partial charge in [-0.15, -0.1) is 0 Å². The third kappa shape index (κ3) is 4.72. The van der Waals surface area contributed by atoms with Crippen molar-refractivity contribution in [2.24, 2.45) is 0 Å². The Bertz CT molecular complexity index is 1250. The molecule has 3 aromatic heterocycles. The van der Waals surface area contributed by atoms with Gasteiger partial charge in [0.2, 0.25) is 5.95 Å². The average molecular weight is 458 g/mol. The zero-order chi connectivity index (χ0) is 23.5. The molecule has 4 heterocycles. The summed E-state index contributed by atoms with van der Waals surface area (Å²) in [6.45, 7) is 6.92. The normalized spacial score (nSPS) is 15.2. The van der Waals surface area contributed by atoms with Gasteiger partial charge in [0.05, 0.1) is 6.20 Å². The van der Waals surface area contributed by atoms with Crippen molar-refractivity contribution in [2.45, 2.75) is 45.3 Å². The summed E-state index contributed by atoms with van der Waals surface area (Å²) >= 11 is 0. The van der Waals surface area contributed by atoms with E-state index in [1.165, 1.54) is 0 Å². The van der Waals surface area contributed by atoms with Gasteiger partial charge < -0.3 is 15.0 Å². The predicted molar refractivity (Wildman–Crippen MR) is 133 cm³/mol. The molecule has 1 aliphatic rings. The number of benzene rings is 1. The molecule has 0 atom stereocenters. The fourth-order valence-electron chi connectivity index (χ4n) is 4.35. The summed E-state index contributed by atoms with van der Waals surface area (Å²) in [5.74, 6) is 0.920. The van der Waals surface area contributed by atoms with E-state index in [4.69, 9.17) is 14.7 Å². The van der Waals surface area contributed by atoms with Crippen LogP contribution in [0, 0.1) is 0 Å². The van der Waals surface area contributed by atoms with E-state index in [0.29, 0.717) is 24.4 Å². The molecule has 0 aliphatic carbocycles. The second kappa shape index (κ2) is 9.77. The molecule has 0 radical (unpaired) electrons. The Morgan fingerprint density at radius 2 is 1.88 bits per heavy atom. The van der Waals surface area contributed by atoms with Crippen LogP contribution in [0.4, 0.5) is 5.95 Å². The highest BCUT2D eigenvalue weighted by atomic mass is 16.5. The minimum atomic E-state index is 0.128. The van der Waals surface area contributed by atoms with Crippen LogP contribution in [0.1, 0.15) is 43.7 Å². The highest BCUT2D eigenvalue weighted by molar-refractivity contribution is 5.66. The lowest BCUT2D eigenvalue weighted by Crippen LogP contribution is -2.36. The molecule has 0 bridgehead atoms. The van der Waals surface area contributed by atoms with Gasteiger partial charge in [-0.2, -0.15) is 19.6 Å². The van der Waals surface area contributed by atoms with E-state index in [2.05, 4.69) is 59.4 Å². The number of likely N-dealkylation sites (tertiary alicyclic amines) is 1. The Kier molecular flexibility index (Phi) is 6.40. The fourth-order valence-corrected chi connectivity index (χ4v) is 4.35. The zero-order valence-corrected chi connectivity index (χ0v) is 20.0. The Balaban J connectivity index is 1.45. The van der Waals surface area contributed by atoms with E-state index in [1.807, 2.05) is 30.6 Å². The summed E-state index contributed by atoms with van der Waals surface area (Å²) in [6.07, 6.45) is 7.63. The third-order valence-corrected chi connectivity index (χ3v) is 6.36. The van der Waals surface area contributed by atoms with Crippen molar-refractivity contribution in [3.8, 4) is 17.1 Å². The molecule has 5 rings (SSSR count). The van der Waals surface area contributed by atoms with Crippen molar-refractivity contribution >= 4 is 11.6 Å². The predicted octanol–water partition coefficient (Wildman–Crippen LogP) is 4.39. The number of fused-ring (bicyclic) bond motifs is 1. The zero-order valence-electron chi connectivity index (χ0n) is 20.0. The Morgan fingerprint density at radius 1 is 1.06 bits per heavy atom. The second-order valence-electron chi connectivity index (χ2n) is 9.19. The average Bonchev–Trinajstić information content (AvgIpc) is 3.29. The molecule has 0 unspecified atom stereocenters. The van der Waals surface area contributed by atoms with Crippen LogP contribution in [-0.2, 0) is 6.54 Å². The van der Waals surface area contributed by atoms with E-state index in [1.54, 1.807) is 10.7 Å². The summed E-state index contributed by atoms with van der Waals surface area (Å²) in [7, 11) is 2.14. The SMILES string of the molecule is CC(C)c1cnn2c(NCc3ccccc3-c3cccnc3)nc(OC3CCN(C)CC3)nc12. The number of piperidine rings is 1. The van der Waals surface area contributed by atoms with Gasteiger partial charge in [-0.3, -0.25) is 4.98 Å². The van der Waals surface area contributed by atoms with E-state index in [9.17, 15) is 0 Å². The van der Waals surface area contributed by atoms with Crippen molar-refractivity contribution in [1.82, 2.24) is 29.5 Å². The number of rotatable bonds is 7. The molecule has 0 saturated carbocycles. The lowest BCUT2D eigenvalue weighted by molar-refractivity contribution is 0.105. The minimum absolute atomic E-state index is 0.128. The maximum atomic E-state index is 6.26. The van der Waals surface area contributed by atoms with Gasteiger partial charge >= 0.3 is 6.01 Å². The molecule has 1 aromatic carbocycles. The largest absolute Gasteiger partial charge is 0.460 e. The van der Waals surface area contributed by atoms with E-state index >= 15 is 0 Å². The summed E-state index contributed by atoms with van der Waals surface area (Å²) in [5, 5.41) is 8.08. The Labute approximate surface area is 200 Å². The van der Waals surface area contributed by atoms with Gasteiger partial charge in [-0.25, -0.2) is 0 Å². The summed E-state index contributed by atoms with van der Waals surface area (Å²) in [6, 6.07) is 12.8. The van der Waals surface area contributed by atoms with E-state index < -0.39 is 0 Å². The molecule has 0 amide bonds. The number of hydrogen-bond acceptors (Lipinski definition) is 7. The van der Waals surface area contributed by atoms with Crippen LogP contribution < -0.4 is 10.1 Å². The van der Waals surface area contributed by atoms with Crippen LogP contribution in [0.2, 0.25) is 0 Å². The van der Waals surface area contributed by atoms with Crippen molar-refractivity contribution in [1.29, 1.82) is 0 Å². The number of aromatic nitrogens is 5. The molecule has 1 aliphatic heterocycles. The number of pyridine rings is 1. The molecule has 1 saturated heterocycles. The molecule has 1 N–H and O–H groups in total. The number of anilines is 1. The third-order valence-electron chi connectivity index (χ3n) is 6.36. The van der Waals surface area contributed by atoms with Crippen LogP contribution in [0.3, 0.4) is 0 Å². The summed E-state index contributed by atoms with van der Waals surface area (Å²) in [5.41, 5.74) is 5.24. The quantitative estimate of drug-likeness (QED) is 0.441. The fraction of sp³-hybridized carbons (Fsp3) is 0.385. The molecule has 8 nitrogen and oxygen atoms in total. The van der Waals surface area contributed by atoms with E-state index in [0.717, 1.165) is 53.8 Å². The van der Waals surface area contributed by atoms with E-state index in [-0.39, 0.29) is 6.10 Å². The molecular formula is C26H31N7O. The molecule has 8 heteroatoms. The highest BCUT2D eigenvalue weighted by Crippen LogP contribution is 2.26. The smallest absolute Gasteiger partial charge is 0.322 e. The number of hydrogen-bond donors (Lipinski definition) is 1. The lowest BCUT2D eigenvalue weighted by atomic mass is 10.0. The molecule has 1 fully saturated rings. The van der Waals surface area contributed by atoms with Gasteiger partial charge in [0.25, 0.3) is 0 Å². The van der Waals surface area contributed by atoms with Crippen LogP contribution in [0.5, 0.6) is 6.01 Å². The molecule has 176 valence electrons. The van der Waals surface area contributed by atoms with Gasteiger partial charge in [-0.1, -0.05) is 44.2 Å². The first-order valence-electron chi connectivity index (χ1n) is 11.9. The first-order chi connectivity index (χ1) is 16.6.